The highest BCUT2D eigenvalue weighted by Gasteiger charge is 2.19. The van der Waals surface area contributed by atoms with Gasteiger partial charge in [0.1, 0.15) is 0 Å². The summed E-state index contributed by atoms with van der Waals surface area (Å²) < 4.78 is 4.90. The highest BCUT2D eigenvalue weighted by Crippen LogP contribution is 2.25. The SMILES string of the molecule is CCOC(=O)CN[C@@H](C)C1CCCCCC1. The van der Waals surface area contributed by atoms with E-state index >= 15 is 0 Å². The zero-order valence-corrected chi connectivity index (χ0v) is 10.6. The number of carbonyl (C=O) groups is 1. The third kappa shape index (κ3) is 4.97. The van der Waals surface area contributed by atoms with Crippen LogP contribution in [0.2, 0.25) is 0 Å². The molecule has 16 heavy (non-hydrogen) atoms. The Kier molecular flexibility index (Phi) is 6.46. The van der Waals surface area contributed by atoms with Gasteiger partial charge < -0.3 is 10.1 Å². The van der Waals surface area contributed by atoms with Crippen molar-refractivity contribution in [3.63, 3.8) is 0 Å². The van der Waals surface area contributed by atoms with E-state index in [1.165, 1.54) is 38.5 Å². The molecule has 1 fully saturated rings. The molecule has 0 aliphatic heterocycles. The van der Waals surface area contributed by atoms with Crippen molar-refractivity contribution < 1.29 is 9.53 Å². The summed E-state index contributed by atoms with van der Waals surface area (Å²) in [5.41, 5.74) is 0. The van der Waals surface area contributed by atoms with Crippen LogP contribution in [0.15, 0.2) is 0 Å². The topological polar surface area (TPSA) is 38.3 Å². The van der Waals surface area contributed by atoms with Crippen LogP contribution < -0.4 is 5.32 Å². The lowest BCUT2D eigenvalue weighted by molar-refractivity contribution is -0.142. The van der Waals surface area contributed by atoms with Gasteiger partial charge in [0.25, 0.3) is 0 Å². The second-order valence-corrected chi connectivity index (χ2v) is 4.73. The van der Waals surface area contributed by atoms with Crippen molar-refractivity contribution in [2.75, 3.05) is 13.2 Å². The molecule has 1 atom stereocenters. The lowest BCUT2D eigenvalue weighted by atomic mass is 9.93. The lowest BCUT2D eigenvalue weighted by Crippen LogP contribution is -2.37. The van der Waals surface area contributed by atoms with Crippen molar-refractivity contribution in [3.05, 3.63) is 0 Å². The van der Waals surface area contributed by atoms with E-state index in [0.29, 0.717) is 19.2 Å². The van der Waals surface area contributed by atoms with Crippen molar-refractivity contribution in [3.8, 4) is 0 Å². The molecule has 0 heterocycles. The van der Waals surface area contributed by atoms with Gasteiger partial charge in [-0.3, -0.25) is 4.79 Å². The molecule has 0 aromatic rings. The van der Waals surface area contributed by atoms with Crippen LogP contribution in [0.25, 0.3) is 0 Å². The number of esters is 1. The fourth-order valence-corrected chi connectivity index (χ4v) is 2.43. The van der Waals surface area contributed by atoms with Gasteiger partial charge in [0.05, 0.1) is 13.2 Å². The molecule has 3 heteroatoms. The Balaban J connectivity index is 2.22. The zero-order chi connectivity index (χ0) is 11.8. The van der Waals surface area contributed by atoms with E-state index in [2.05, 4.69) is 12.2 Å². The molecular weight excluding hydrogens is 202 g/mol. The molecule has 0 unspecified atom stereocenters. The second-order valence-electron chi connectivity index (χ2n) is 4.73. The fraction of sp³-hybridized carbons (Fsp3) is 0.923. The number of hydrogen-bond donors (Lipinski definition) is 1. The summed E-state index contributed by atoms with van der Waals surface area (Å²) in [4.78, 5) is 11.2. The van der Waals surface area contributed by atoms with Crippen molar-refractivity contribution in [1.29, 1.82) is 0 Å². The average Bonchev–Trinajstić information content (AvgIpc) is 2.55. The normalized spacial score (nSPS) is 20.1. The van der Waals surface area contributed by atoms with Crippen molar-refractivity contribution in [2.24, 2.45) is 5.92 Å². The fourth-order valence-electron chi connectivity index (χ4n) is 2.43. The first-order valence-corrected chi connectivity index (χ1v) is 6.63. The Hall–Kier alpha value is -0.570. The predicted molar refractivity (Wildman–Crippen MR) is 65.3 cm³/mol. The van der Waals surface area contributed by atoms with Crippen LogP contribution in [0.3, 0.4) is 0 Å². The molecule has 1 N–H and O–H groups in total. The predicted octanol–water partition coefficient (Wildman–Crippen LogP) is 2.50. The van der Waals surface area contributed by atoms with E-state index in [4.69, 9.17) is 4.74 Å². The van der Waals surface area contributed by atoms with Gasteiger partial charge in [0.15, 0.2) is 0 Å². The maximum absolute atomic E-state index is 11.2. The van der Waals surface area contributed by atoms with E-state index in [1.54, 1.807) is 0 Å². The molecule has 1 aliphatic carbocycles. The van der Waals surface area contributed by atoms with Gasteiger partial charge in [-0.2, -0.15) is 0 Å². The van der Waals surface area contributed by atoms with E-state index in [9.17, 15) is 4.79 Å². The van der Waals surface area contributed by atoms with Gasteiger partial charge in [0.2, 0.25) is 0 Å². The molecule has 0 aromatic carbocycles. The lowest BCUT2D eigenvalue weighted by Gasteiger charge is -2.23. The molecular formula is C13H25NO2. The second kappa shape index (κ2) is 7.66. The minimum Gasteiger partial charge on any atom is -0.465 e. The van der Waals surface area contributed by atoms with Gasteiger partial charge >= 0.3 is 5.97 Å². The molecule has 0 aromatic heterocycles. The first kappa shape index (κ1) is 13.5. The van der Waals surface area contributed by atoms with Crippen LogP contribution in [0.4, 0.5) is 0 Å². The minimum atomic E-state index is -0.136. The first-order valence-electron chi connectivity index (χ1n) is 6.63. The van der Waals surface area contributed by atoms with Crippen molar-refractivity contribution in [2.45, 2.75) is 58.4 Å². The molecule has 0 amide bonds. The third-order valence-corrected chi connectivity index (χ3v) is 3.48. The van der Waals surface area contributed by atoms with Gasteiger partial charge in [0, 0.05) is 6.04 Å². The van der Waals surface area contributed by atoms with E-state index in [-0.39, 0.29) is 5.97 Å². The largest absolute Gasteiger partial charge is 0.465 e. The molecule has 3 nitrogen and oxygen atoms in total. The molecule has 0 bridgehead atoms. The van der Waals surface area contributed by atoms with Gasteiger partial charge in [-0.15, -0.1) is 0 Å². The van der Waals surface area contributed by atoms with Crippen LogP contribution >= 0.6 is 0 Å². The van der Waals surface area contributed by atoms with Crippen LogP contribution in [0.1, 0.15) is 52.4 Å². The third-order valence-electron chi connectivity index (χ3n) is 3.48. The van der Waals surface area contributed by atoms with Crippen LogP contribution in [-0.4, -0.2) is 25.2 Å². The number of nitrogens with one attached hydrogen (secondary N) is 1. The van der Waals surface area contributed by atoms with Crippen molar-refractivity contribution in [1.82, 2.24) is 5.32 Å². The standard InChI is InChI=1S/C13H25NO2/c1-3-16-13(15)10-14-11(2)12-8-6-4-5-7-9-12/h11-12,14H,3-10H2,1-2H3/t11-/m0/s1. The quantitative estimate of drug-likeness (QED) is 0.579. The summed E-state index contributed by atoms with van der Waals surface area (Å²) in [6.07, 6.45) is 8.04. The molecule has 1 saturated carbocycles. The Morgan fingerprint density at radius 3 is 2.50 bits per heavy atom. The zero-order valence-electron chi connectivity index (χ0n) is 10.6. The number of carbonyl (C=O) groups excluding carboxylic acids is 1. The molecule has 1 aliphatic rings. The summed E-state index contributed by atoms with van der Waals surface area (Å²) in [6.45, 7) is 4.85. The minimum absolute atomic E-state index is 0.136. The van der Waals surface area contributed by atoms with Gasteiger partial charge in [-0.05, 0) is 32.6 Å². The highest BCUT2D eigenvalue weighted by atomic mass is 16.5. The summed E-state index contributed by atoms with van der Waals surface area (Å²) in [5.74, 6) is 0.597. The maximum atomic E-state index is 11.2. The first-order chi connectivity index (χ1) is 7.74. The Morgan fingerprint density at radius 1 is 1.31 bits per heavy atom. The van der Waals surface area contributed by atoms with Gasteiger partial charge in [-0.1, -0.05) is 25.7 Å². The van der Waals surface area contributed by atoms with Crippen molar-refractivity contribution >= 4 is 5.97 Å². The van der Waals surface area contributed by atoms with Crippen LogP contribution in [-0.2, 0) is 9.53 Å². The Bertz CT molecular complexity index is 198. The molecule has 0 saturated heterocycles. The van der Waals surface area contributed by atoms with Crippen LogP contribution in [0, 0.1) is 5.92 Å². The summed E-state index contributed by atoms with van der Waals surface area (Å²) in [7, 11) is 0. The highest BCUT2D eigenvalue weighted by molar-refractivity contribution is 5.71. The molecule has 94 valence electrons. The number of ether oxygens (including phenoxy) is 1. The average molecular weight is 227 g/mol. The van der Waals surface area contributed by atoms with E-state index < -0.39 is 0 Å². The van der Waals surface area contributed by atoms with Gasteiger partial charge in [-0.25, -0.2) is 0 Å². The molecule has 1 rings (SSSR count). The Labute approximate surface area is 98.9 Å². The number of rotatable bonds is 5. The monoisotopic (exact) mass is 227 g/mol. The summed E-state index contributed by atoms with van der Waals surface area (Å²) in [6, 6.07) is 0.433. The van der Waals surface area contributed by atoms with E-state index in [0.717, 1.165) is 5.92 Å². The van der Waals surface area contributed by atoms with E-state index in [1.807, 2.05) is 6.92 Å². The maximum Gasteiger partial charge on any atom is 0.319 e. The summed E-state index contributed by atoms with van der Waals surface area (Å²) >= 11 is 0. The molecule has 0 radical (unpaired) electrons. The number of hydrogen-bond acceptors (Lipinski definition) is 3. The summed E-state index contributed by atoms with van der Waals surface area (Å²) in [5, 5.41) is 3.29. The van der Waals surface area contributed by atoms with Crippen LogP contribution in [0.5, 0.6) is 0 Å². The smallest absolute Gasteiger partial charge is 0.319 e. The Morgan fingerprint density at radius 2 is 1.94 bits per heavy atom. The molecule has 0 spiro atoms.